The van der Waals surface area contributed by atoms with E-state index in [0.717, 1.165) is 13.0 Å². The molecular formula is C16H18N2O2. The van der Waals surface area contributed by atoms with E-state index >= 15 is 0 Å². The summed E-state index contributed by atoms with van der Waals surface area (Å²) in [7, 11) is 0. The fourth-order valence-corrected chi connectivity index (χ4v) is 2.10. The van der Waals surface area contributed by atoms with E-state index in [0.29, 0.717) is 11.5 Å². The molecule has 0 amide bonds. The van der Waals surface area contributed by atoms with Crippen molar-refractivity contribution in [1.82, 2.24) is 4.98 Å². The van der Waals surface area contributed by atoms with Crippen molar-refractivity contribution in [2.75, 3.05) is 11.9 Å². The van der Waals surface area contributed by atoms with E-state index in [2.05, 4.69) is 29.4 Å². The molecule has 0 saturated carbocycles. The maximum atomic E-state index is 10.9. The van der Waals surface area contributed by atoms with Crippen LogP contribution in [0.1, 0.15) is 27.2 Å². The van der Waals surface area contributed by atoms with E-state index in [9.17, 15) is 4.79 Å². The van der Waals surface area contributed by atoms with Gasteiger partial charge in [-0.25, -0.2) is 9.78 Å². The Hall–Kier alpha value is -2.36. The van der Waals surface area contributed by atoms with Crippen molar-refractivity contribution in [2.24, 2.45) is 0 Å². The van der Waals surface area contributed by atoms with Crippen LogP contribution in [0.3, 0.4) is 0 Å². The van der Waals surface area contributed by atoms with Crippen molar-refractivity contribution in [3.8, 4) is 0 Å². The smallest absolute Gasteiger partial charge is 0.337 e. The van der Waals surface area contributed by atoms with Crippen molar-refractivity contribution < 1.29 is 9.90 Å². The van der Waals surface area contributed by atoms with Crippen LogP contribution in [0.25, 0.3) is 0 Å². The Morgan fingerprint density at radius 1 is 1.20 bits per heavy atom. The highest BCUT2D eigenvalue weighted by atomic mass is 16.4. The topological polar surface area (TPSA) is 62.2 Å². The molecule has 20 heavy (non-hydrogen) atoms. The number of pyridine rings is 1. The number of carboxylic acids is 1. The summed E-state index contributed by atoms with van der Waals surface area (Å²) in [5.41, 5.74) is 3.35. The SMILES string of the molecule is Cc1ccccc1CCNc1ccc(C(=O)O)c(C)n1. The average Bonchev–Trinajstić information content (AvgIpc) is 2.40. The zero-order valence-electron chi connectivity index (χ0n) is 11.7. The second-order valence-corrected chi connectivity index (χ2v) is 4.74. The lowest BCUT2D eigenvalue weighted by atomic mass is 10.1. The van der Waals surface area contributed by atoms with Gasteiger partial charge >= 0.3 is 5.97 Å². The van der Waals surface area contributed by atoms with Crippen molar-refractivity contribution >= 4 is 11.8 Å². The highest BCUT2D eigenvalue weighted by Crippen LogP contribution is 2.12. The standard InChI is InChI=1S/C16H18N2O2/c1-11-5-3-4-6-13(11)9-10-17-15-8-7-14(16(19)20)12(2)18-15/h3-8H,9-10H2,1-2H3,(H,17,18)(H,19,20). The van der Waals surface area contributed by atoms with Gasteiger partial charge in [0.05, 0.1) is 11.3 Å². The normalized spacial score (nSPS) is 10.3. The number of benzene rings is 1. The van der Waals surface area contributed by atoms with Gasteiger partial charge in [0.15, 0.2) is 0 Å². The number of aromatic carboxylic acids is 1. The summed E-state index contributed by atoms with van der Waals surface area (Å²) < 4.78 is 0. The molecular weight excluding hydrogens is 252 g/mol. The highest BCUT2D eigenvalue weighted by molar-refractivity contribution is 5.89. The van der Waals surface area contributed by atoms with Crippen molar-refractivity contribution in [3.63, 3.8) is 0 Å². The van der Waals surface area contributed by atoms with E-state index in [1.54, 1.807) is 19.1 Å². The second-order valence-electron chi connectivity index (χ2n) is 4.74. The molecule has 2 aromatic rings. The Kier molecular flexibility index (Phi) is 4.35. The molecule has 0 aliphatic heterocycles. The van der Waals surface area contributed by atoms with Crippen LogP contribution in [-0.2, 0) is 6.42 Å². The second kappa shape index (κ2) is 6.19. The zero-order valence-corrected chi connectivity index (χ0v) is 11.7. The van der Waals surface area contributed by atoms with Gasteiger partial charge in [0, 0.05) is 6.54 Å². The molecule has 2 rings (SSSR count). The van der Waals surface area contributed by atoms with E-state index in [-0.39, 0.29) is 5.56 Å². The molecule has 1 aromatic carbocycles. The molecule has 0 fully saturated rings. The van der Waals surface area contributed by atoms with Gasteiger partial charge in [-0.1, -0.05) is 24.3 Å². The molecule has 1 heterocycles. The molecule has 104 valence electrons. The zero-order chi connectivity index (χ0) is 14.5. The third kappa shape index (κ3) is 3.35. The lowest BCUT2D eigenvalue weighted by molar-refractivity contribution is 0.0695. The summed E-state index contributed by atoms with van der Waals surface area (Å²) in [5.74, 6) is -0.234. The highest BCUT2D eigenvalue weighted by Gasteiger charge is 2.08. The molecule has 0 radical (unpaired) electrons. The summed E-state index contributed by atoms with van der Waals surface area (Å²) in [6.45, 7) is 4.57. The van der Waals surface area contributed by atoms with Gasteiger partial charge in [-0.3, -0.25) is 0 Å². The van der Waals surface area contributed by atoms with Crippen LogP contribution in [0.15, 0.2) is 36.4 Å². The average molecular weight is 270 g/mol. The van der Waals surface area contributed by atoms with Crippen molar-refractivity contribution in [2.45, 2.75) is 20.3 Å². The third-order valence-corrected chi connectivity index (χ3v) is 3.28. The first-order valence-electron chi connectivity index (χ1n) is 6.57. The van der Waals surface area contributed by atoms with Gasteiger partial charge in [-0.2, -0.15) is 0 Å². The number of carbonyl (C=O) groups is 1. The number of aromatic nitrogens is 1. The number of hydrogen-bond acceptors (Lipinski definition) is 3. The number of aryl methyl sites for hydroxylation is 2. The molecule has 0 atom stereocenters. The quantitative estimate of drug-likeness (QED) is 0.876. The molecule has 4 nitrogen and oxygen atoms in total. The molecule has 2 N–H and O–H groups in total. The summed E-state index contributed by atoms with van der Waals surface area (Å²) in [5, 5.41) is 12.2. The predicted octanol–water partition coefficient (Wildman–Crippen LogP) is 3.05. The van der Waals surface area contributed by atoms with Crippen LogP contribution in [0, 0.1) is 13.8 Å². The number of anilines is 1. The fraction of sp³-hybridized carbons (Fsp3) is 0.250. The lowest BCUT2D eigenvalue weighted by Crippen LogP contribution is -2.09. The number of nitrogens with one attached hydrogen (secondary N) is 1. The summed E-state index contributed by atoms with van der Waals surface area (Å²) in [6.07, 6.45) is 0.911. The van der Waals surface area contributed by atoms with Crippen LogP contribution in [0.5, 0.6) is 0 Å². The number of carboxylic acid groups (broad SMARTS) is 1. The Labute approximate surface area is 118 Å². The van der Waals surface area contributed by atoms with Crippen molar-refractivity contribution in [1.29, 1.82) is 0 Å². The summed E-state index contributed by atoms with van der Waals surface area (Å²) in [4.78, 5) is 15.2. The predicted molar refractivity (Wildman–Crippen MR) is 79.3 cm³/mol. The molecule has 0 aliphatic rings. The molecule has 0 saturated heterocycles. The molecule has 0 aliphatic carbocycles. The summed E-state index contributed by atoms with van der Waals surface area (Å²) >= 11 is 0. The molecule has 4 heteroatoms. The minimum Gasteiger partial charge on any atom is -0.478 e. The van der Waals surface area contributed by atoms with Gasteiger partial charge in [0.1, 0.15) is 5.82 Å². The molecule has 0 spiro atoms. The van der Waals surface area contributed by atoms with E-state index in [4.69, 9.17) is 5.11 Å². The number of rotatable bonds is 5. The molecule has 1 aromatic heterocycles. The number of nitrogens with zero attached hydrogens (tertiary/aromatic N) is 1. The molecule has 0 unspecified atom stereocenters. The van der Waals surface area contributed by atoms with Gasteiger partial charge in [-0.15, -0.1) is 0 Å². The van der Waals surface area contributed by atoms with Crippen LogP contribution in [-0.4, -0.2) is 22.6 Å². The van der Waals surface area contributed by atoms with Crippen LogP contribution >= 0.6 is 0 Å². The Bertz CT molecular complexity index is 624. The van der Waals surface area contributed by atoms with Gasteiger partial charge in [0.25, 0.3) is 0 Å². The largest absolute Gasteiger partial charge is 0.478 e. The Balaban J connectivity index is 1.97. The Morgan fingerprint density at radius 3 is 2.60 bits per heavy atom. The fourth-order valence-electron chi connectivity index (χ4n) is 2.10. The first kappa shape index (κ1) is 14.1. The molecule has 0 bridgehead atoms. The van der Waals surface area contributed by atoms with Crippen molar-refractivity contribution in [3.05, 3.63) is 58.8 Å². The van der Waals surface area contributed by atoms with E-state index < -0.39 is 5.97 Å². The van der Waals surface area contributed by atoms with Crippen LogP contribution in [0.2, 0.25) is 0 Å². The van der Waals surface area contributed by atoms with Gasteiger partial charge in [-0.05, 0) is 43.5 Å². The van der Waals surface area contributed by atoms with E-state index in [1.165, 1.54) is 11.1 Å². The van der Waals surface area contributed by atoms with Gasteiger partial charge < -0.3 is 10.4 Å². The Morgan fingerprint density at radius 2 is 1.95 bits per heavy atom. The van der Waals surface area contributed by atoms with E-state index in [1.807, 2.05) is 12.1 Å². The maximum absolute atomic E-state index is 10.9. The lowest BCUT2D eigenvalue weighted by Gasteiger charge is -2.09. The summed E-state index contributed by atoms with van der Waals surface area (Å²) in [6, 6.07) is 11.6. The maximum Gasteiger partial charge on any atom is 0.337 e. The van der Waals surface area contributed by atoms with Crippen LogP contribution in [0.4, 0.5) is 5.82 Å². The van der Waals surface area contributed by atoms with Crippen LogP contribution < -0.4 is 5.32 Å². The minimum absolute atomic E-state index is 0.245. The minimum atomic E-state index is -0.943. The van der Waals surface area contributed by atoms with Gasteiger partial charge in [0.2, 0.25) is 0 Å². The third-order valence-electron chi connectivity index (χ3n) is 3.28. The first-order chi connectivity index (χ1) is 9.58. The first-order valence-corrected chi connectivity index (χ1v) is 6.57. The number of hydrogen-bond donors (Lipinski definition) is 2. The monoisotopic (exact) mass is 270 g/mol.